The van der Waals surface area contributed by atoms with Gasteiger partial charge in [0.05, 0.1) is 11.6 Å². The van der Waals surface area contributed by atoms with Crippen LogP contribution in [0.4, 0.5) is 5.13 Å². The van der Waals surface area contributed by atoms with Crippen molar-refractivity contribution in [2.45, 2.75) is 46.4 Å². The van der Waals surface area contributed by atoms with Gasteiger partial charge in [-0.3, -0.25) is 9.69 Å². The molecular weight excluding hydrogens is 518 g/mol. The molecule has 3 aromatic rings. The van der Waals surface area contributed by atoms with Gasteiger partial charge in [-0.1, -0.05) is 41.0 Å². The van der Waals surface area contributed by atoms with Gasteiger partial charge >= 0.3 is 5.97 Å². The molecule has 0 bridgehead atoms. The third kappa shape index (κ3) is 6.01. The maximum atomic E-state index is 11.6. The maximum Gasteiger partial charge on any atom is 0.308 e. The summed E-state index contributed by atoms with van der Waals surface area (Å²) in [6.45, 7) is 9.98. The third-order valence-electron chi connectivity index (χ3n) is 7.69. The molecular formula is C29H35N3O4S2. The molecule has 2 atom stereocenters. The maximum absolute atomic E-state index is 11.6. The number of anilines is 1. The molecule has 0 radical (unpaired) electrons. The summed E-state index contributed by atoms with van der Waals surface area (Å²) in [7, 11) is 0. The fourth-order valence-electron chi connectivity index (χ4n) is 5.30. The van der Waals surface area contributed by atoms with Crippen LogP contribution in [0.1, 0.15) is 35.6 Å². The molecule has 38 heavy (non-hydrogen) atoms. The highest BCUT2D eigenvalue weighted by atomic mass is 32.2. The number of nitrogens with zero attached hydrogens (tertiary/aromatic N) is 3. The van der Waals surface area contributed by atoms with Crippen molar-refractivity contribution >= 4 is 33.6 Å². The number of carbonyl (C=O) groups is 1. The van der Waals surface area contributed by atoms with Crippen LogP contribution >= 0.6 is 11.3 Å². The Morgan fingerprint density at radius 1 is 1.18 bits per heavy atom. The number of thiazole rings is 1. The van der Waals surface area contributed by atoms with Gasteiger partial charge in [0.1, 0.15) is 23.9 Å². The second-order valence-corrected chi connectivity index (χ2v) is 12.9. The first kappa shape index (κ1) is 27.0. The number of aromatic nitrogens is 1. The molecule has 0 unspecified atom stereocenters. The number of hydrogen-bond acceptors (Lipinski definition) is 7. The van der Waals surface area contributed by atoms with E-state index < -0.39 is 17.1 Å². The lowest BCUT2D eigenvalue weighted by molar-refractivity contribution is -0.141. The Hall–Kier alpha value is -2.59. The average Bonchev–Trinajstić information content (AvgIpc) is 3.52. The molecule has 1 aromatic heterocycles. The van der Waals surface area contributed by atoms with Crippen molar-refractivity contribution in [2.75, 3.05) is 36.0 Å². The summed E-state index contributed by atoms with van der Waals surface area (Å²) in [4.78, 5) is 20.9. The van der Waals surface area contributed by atoms with Crippen molar-refractivity contribution in [2.24, 2.45) is 5.92 Å². The van der Waals surface area contributed by atoms with E-state index in [9.17, 15) is 14.5 Å². The molecule has 5 rings (SSSR count). The Balaban J connectivity index is 1.28. The molecule has 0 saturated carbocycles. The molecule has 3 heterocycles. The molecule has 0 amide bonds. The van der Waals surface area contributed by atoms with Crippen LogP contribution in [-0.2, 0) is 29.1 Å². The van der Waals surface area contributed by atoms with Gasteiger partial charge < -0.3 is 19.3 Å². The third-order valence-corrected chi connectivity index (χ3v) is 9.84. The van der Waals surface area contributed by atoms with Crippen molar-refractivity contribution in [1.29, 1.82) is 0 Å². The predicted molar refractivity (Wildman–Crippen MR) is 154 cm³/mol. The molecule has 7 nitrogen and oxygen atoms in total. The van der Waals surface area contributed by atoms with Gasteiger partial charge in [-0.25, -0.2) is 4.98 Å². The Bertz CT molecular complexity index is 1290. The Labute approximate surface area is 231 Å². The van der Waals surface area contributed by atoms with E-state index >= 15 is 0 Å². The summed E-state index contributed by atoms with van der Waals surface area (Å²) in [6, 6.07) is 12.6. The Morgan fingerprint density at radius 3 is 2.68 bits per heavy atom. The number of carboxylic acid groups (broad SMARTS) is 1. The van der Waals surface area contributed by atoms with Crippen LogP contribution in [0.2, 0.25) is 0 Å². The molecule has 0 spiro atoms. The number of hydrogen-bond donors (Lipinski definition) is 1. The summed E-state index contributed by atoms with van der Waals surface area (Å²) < 4.78 is 18.0. The Morgan fingerprint density at radius 2 is 1.97 bits per heavy atom. The lowest BCUT2D eigenvalue weighted by Gasteiger charge is -2.28. The number of carboxylic acids is 1. The summed E-state index contributed by atoms with van der Waals surface area (Å²) in [5.74, 6) is 1.22. The van der Waals surface area contributed by atoms with E-state index in [2.05, 4.69) is 47.9 Å². The molecule has 0 aliphatic carbocycles. The van der Waals surface area contributed by atoms with Crippen molar-refractivity contribution < 1.29 is 19.2 Å². The van der Waals surface area contributed by atoms with Crippen molar-refractivity contribution in [1.82, 2.24) is 9.88 Å². The van der Waals surface area contributed by atoms with E-state index in [1.165, 1.54) is 11.1 Å². The number of benzene rings is 2. The first-order valence-electron chi connectivity index (χ1n) is 13.1. The van der Waals surface area contributed by atoms with E-state index in [0.29, 0.717) is 19.6 Å². The van der Waals surface area contributed by atoms with Crippen molar-refractivity contribution in [3.05, 3.63) is 64.0 Å². The largest absolute Gasteiger partial charge is 0.616 e. The SMILES string of the molecule is Cc1ccc(OCc2ccc(CN3CC[S+]([O-])CC3)cc2C)c(-c2csc(N3CC[C@@H](C(=O)O)[C@H]3C)n2)c1. The second kappa shape index (κ2) is 11.7. The number of aliphatic carboxylic acids is 1. The zero-order valence-electron chi connectivity index (χ0n) is 22.2. The highest BCUT2D eigenvalue weighted by Crippen LogP contribution is 2.38. The van der Waals surface area contributed by atoms with Crippen molar-refractivity contribution in [3.63, 3.8) is 0 Å². The molecule has 202 valence electrons. The number of rotatable bonds is 8. The highest BCUT2D eigenvalue weighted by molar-refractivity contribution is 7.91. The fraction of sp³-hybridized carbons (Fsp3) is 0.448. The van der Waals surface area contributed by atoms with Gasteiger partial charge in [0.15, 0.2) is 5.13 Å². The van der Waals surface area contributed by atoms with Crippen LogP contribution in [0.15, 0.2) is 41.8 Å². The second-order valence-electron chi connectivity index (χ2n) is 10.4. The van der Waals surface area contributed by atoms with E-state index in [0.717, 1.165) is 64.4 Å². The van der Waals surface area contributed by atoms with Gasteiger partial charge in [0.2, 0.25) is 0 Å². The summed E-state index contributed by atoms with van der Waals surface area (Å²) in [5, 5.41) is 12.4. The summed E-state index contributed by atoms with van der Waals surface area (Å²) >= 11 is 0.896. The molecule has 2 fully saturated rings. The van der Waals surface area contributed by atoms with Crippen LogP contribution in [-0.4, -0.2) is 62.7 Å². The lowest BCUT2D eigenvalue weighted by atomic mass is 10.0. The summed E-state index contributed by atoms with van der Waals surface area (Å²) in [5.41, 5.74) is 6.54. The van der Waals surface area contributed by atoms with Gasteiger partial charge in [-0.05, 0) is 56.0 Å². The van der Waals surface area contributed by atoms with E-state index in [1.54, 1.807) is 11.3 Å². The van der Waals surface area contributed by atoms with Crippen molar-refractivity contribution in [3.8, 4) is 17.0 Å². The van der Waals surface area contributed by atoms with Crippen LogP contribution in [0.5, 0.6) is 5.75 Å². The standard InChI is InChI=1S/C29H35N3O4S2/c1-19-4-7-27(25(14-19)26-18-37-29(30-26)32-9-8-24(21(32)3)28(33)34)36-17-23-6-5-22(15-20(23)2)16-31-10-12-38(35)13-11-31/h4-7,14-15,18,21,24H,8-13,16-17H2,1-3H3,(H,33,34)/t21-,24-/m1/s1. The van der Waals surface area contributed by atoms with E-state index in [1.807, 2.05) is 24.4 Å². The quantitative estimate of drug-likeness (QED) is 0.398. The minimum atomic E-state index is -0.737. The number of ether oxygens (including phenoxy) is 1. The number of aryl methyl sites for hydroxylation is 2. The van der Waals surface area contributed by atoms with E-state index in [4.69, 9.17) is 9.72 Å². The normalized spacial score (nSPS) is 20.7. The highest BCUT2D eigenvalue weighted by Gasteiger charge is 2.37. The van der Waals surface area contributed by atoms with Crippen LogP contribution in [0, 0.1) is 19.8 Å². The van der Waals surface area contributed by atoms with Gasteiger partial charge in [-0.15, -0.1) is 11.3 Å². The predicted octanol–water partition coefficient (Wildman–Crippen LogP) is 4.87. The zero-order valence-corrected chi connectivity index (χ0v) is 23.8. The molecule has 2 saturated heterocycles. The Kier molecular flexibility index (Phi) is 8.28. The zero-order chi connectivity index (χ0) is 26.8. The monoisotopic (exact) mass is 553 g/mol. The topological polar surface area (TPSA) is 89.0 Å². The van der Waals surface area contributed by atoms with Gasteiger partial charge in [-0.2, -0.15) is 0 Å². The van der Waals surface area contributed by atoms with Gasteiger partial charge in [0.25, 0.3) is 0 Å². The van der Waals surface area contributed by atoms with Crippen LogP contribution in [0.25, 0.3) is 11.3 Å². The minimum Gasteiger partial charge on any atom is -0.616 e. The molecule has 2 aromatic carbocycles. The lowest BCUT2D eigenvalue weighted by Crippen LogP contribution is -2.39. The smallest absolute Gasteiger partial charge is 0.308 e. The first-order chi connectivity index (χ1) is 18.3. The fourth-order valence-corrected chi connectivity index (χ4v) is 7.36. The molecule has 9 heteroatoms. The minimum absolute atomic E-state index is 0.0791. The van der Waals surface area contributed by atoms with E-state index in [-0.39, 0.29) is 12.0 Å². The first-order valence-corrected chi connectivity index (χ1v) is 15.5. The average molecular weight is 554 g/mol. The molecule has 1 N–H and O–H groups in total. The van der Waals surface area contributed by atoms with Crippen LogP contribution < -0.4 is 9.64 Å². The molecule has 2 aliphatic rings. The summed E-state index contributed by atoms with van der Waals surface area (Å²) in [6.07, 6.45) is 0.640. The van der Waals surface area contributed by atoms with Gasteiger partial charge in [0, 0.05) is 43.2 Å². The van der Waals surface area contributed by atoms with Crippen LogP contribution in [0.3, 0.4) is 0 Å². The molecule has 2 aliphatic heterocycles.